The van der Waals surface area contributed by atoms with Crippen molar-refractivity contribution < 1.29 is 39.9 Å². The first-order valence-corrected chi connectivity index (χ1v) is 5.42. The van der Waals surface area contributed by atoms with E-state index in [2.05, 4.69) is 0 Å². The van der Waals surface area contributed by atoms with Gasteiger partial charge in [-0.2, -0.15) is 0 Å². The average molecular weight is 264 g/mol. The van der Waals surface area contributed by atoms with Crippen molar-refractivity contribution in [2.45, 2.75) is 30.7 Å². The second-order valence-corrected chi connectivity index (χ2v) is 3.87. The number of rotatable bonds is 5. The van der Waals surface area contributed by atoms with Crippen LogP contribution in [0.5, 0.6) is 0 Å². The Morgan fingerprint density at radius 1 is 1.11 bits per heavy atom. The van der Waals surface area contributed by atoms with Crippen LogP contribution in [-0.4, -0.2) is 81.5 Å². The predicted octanol–water partition coefficient (Wildman–Crippen LogP) is -3.63. The summed E-state index contributed by atoms with van der Waals surface area (Å²) in [5.41, 5.74) is 0. The van der Waals surface area contributed by atoms with Gasteiger partial charge in [0, 0.05) is 0 Å². The van der Waals surface area contributed by atoms with Crippen molar-refractivity contribution in [1.29, 1.82) is 0 Å². The van der Waals surface area contributed by atoms with Gasteiger partial charge in [0.2, 0.25) is 0 Å². The summed E-state index contributed by atoms with van der Waals surface area (Å²) in [6, 6.07) is 0. The molecule has 5 atom stereocenters. The normalized spacial score (nSPS) is 37.1. The van der Waals surface area contributed by atoms with Crippen molar-refractivity contribution in [1.82, 2.24) is 0 Å². The van der Waals surface area contributed by atoms with E-state index in [1.165, 1.54) is 6.08 Å². The molecule has 1 fully saturated rings. The molecule has 0 aromatic rings. The van der Waals surface area contributed by atoms with Gasteiger partial charge >= 0.3 is 7.12 Å². The Bertz CT molecular complexity index is 271. The smallest absolute Gasteiger partial charge is 0.424 e. The lowest BCUT2D eigenvalue weighted by Gasteiger charge is -2.39. The zero-order valence-electron chi connectivity index (χ0n) is 9.53. The fourth-order valence-corrected chi connectivity index (χ4v) is 1.53. The van der Waals surface area contributed by atoms with E-state index in [0.29, 0.717) is 0 Å². The highest BCUT2D eigenvalue weighted by molar-refractivity contribution is 6.47. The Balaban J connectivity index is 2.49. The number of hydrogen-bond donors (Lipinski definition) is 6. The molecule has 0 bridgehead atoms. The van der Waals surface area contributed by atoms with Crippen LogP contribution >= 0.6 is 0 Å². The van der Waals surface area contributed by atoms with Gasteiger partial charge in [-0.3, -0.25) is 0 Å². The fourth-order valence-electron chi connectivity index (χ4n) is 1.53. The quantitative estimate of drug-likeness (QED) is 0.279. The molecule has 0 aromatic carbocycles. The van der Waals surface area contributed by atoms with Crippen LogP contribution in [0, 0.1) is 0 Å². The van der Waals surface area contributed by atoms with Gasteiger partial charge in [-0.15, -0.1) is 0 Å². The molecule has 1 heterocycles. The lowest BCUT2D eigenvalue weighted by Crippen LogP contribution is -2.59. The van der Waals surface area contributed by atoms with Crippen molar-refractivity contribution >= 4 is 7.12 Å². The van der Waals surface area contributed by atoms with E-state index in [0.717, 1.165) is 5.98 Å². The molecule has 1 rings (SSSR count). The largest absolute Gasteiger partial charge is 0.480 e. The van der Waals surface area contributed by atoms with Crippen LogP contribution in [-0.2, 0) is 9.47 Å². The molecular weight excluding hydrogens is 247 g/mol. The van der Waals surface area contributed by atoms with Crippen molar-refractivity contribution in [3.8, 4) is 0 Å². The van der Waals surface area contributed by atoms with Crippen molar-refractivity contribution in [3.63, 3.8) is 0 Å². The van der Waals surface area contributed by atoms with Crippen molar-refractivity contribution in [2.24, 2.45) is 0 Å². The molecule has 0 unspecified atom stereocenters. The molecular formula is C9H17BO8. The lowest BCUT2D eigenvalue weighted by molar-refractivity contribution is -0.298. The summed E-state index contributed by atoms with van der Waals surface area (Å²) in [4.78, 5) is 0. The molecule has 9 heteroatoms. The Morgan fingerprint density at radius 2 is 1.78 bits per heavy atom. The molecule has 0 spiro atoms. The maximum atomic E-state index is 9.57. The van der Waals surface area contributed by atoms with Gasteiger partial charge in [0.15, 0.2) is 6.29 Å². The molecule has 6 N–H and O–H groups in total. The monoisotopic (exact) mass is 264 g/mol. The zero-order chi connectivity index (χ0) is 13.7. The zero-order valence-corrected chi connectivity index (χ0v) is 9.53. The highest BCUT2D eigenvalue weighted by Crippen LogP contribution is 2.21. The summed E-state index contributed by atoms with van der Waals surface area (Å²) < 4.78 is 10.1. The fraction of sp³-hybridized carbons (Fsp3) is 0.778. The SMILES string of the molecule is OC[C@H]1O[C@H](OC/C=C/B(O)O)[C@@H](O)[C@@H](O)[C@@H]1O. The predicted molar refractivity (Wildman–Crippen MR) is 59.1 cm³/mol. The van der Waals surface area contributed by atoms with Crippen LogP contribution in [0.15, 0.2) is 12.1 Å². The first-order chi connectivity index (χ1) is 8.47. The van der Waals surface area contributed by atoms with Crippen LogP contribution < -0.4 is 0 Å². The number of ether oxygens (including phenoxy) is 2. The van der Waals surface area contributed by atoms with Gasteiger partial charge in [0.25, 0.3) is 0 Å². The number of aliphatic hydroxyl groups is 4. The van der Waals surface area contributed by atoms with E-state index in [9.17, 15) is 15.3 Å². The second-order valence-electron chi connectivity index (χ2n) is 3.87. The maximum Gasteiger partial charge on any atom is 0.480 e. The minimum absolute atomic E-state index is 0.0969. The van der Waals surface area contributed by atoms with E-state index in [1.54, 1.807) is 0 Å². The molecule has 0 saturated carbocycles. The minimum Gasteiger partial charge on any atom is -0.424 e. The summed E-state index contributed by atoms with van der Waals surface area (Å²) in [6.07, 6.45) is -5.35. The molecule has 0 aromatic heterocycles. The maximum absolute atomic E-state index is 9.57. The molecule has 104 valence electrons. The summed E-state index contributed by atoms with van der Waals surface area (Å²) in [5, 5.41) is 54.5. The van der Waals surface area contributed by atoms with E-state index in [-0.39, 0.29) is 6.61 Å². The van der Waals surface area contributed by atoms with Gasteiger partial charge in [0.1, 0.15) is 24.4 Å². The summed E-state index contributed by atoms with van der Waals surface area (Å²) >= 11 is 0. The topological polar surface area (TPSA) is 140 Å². The van der Waals surface area contributed by atoms with Crippen molar-refractivity contribution in [3.05, 3.63) is 12.1 Å². The van der Waals surface area contributed by atoms with Crippen LogP contribution in [0.25, 0.3) is 0 Å². The Morgan fingerprint density at radius 3 is 2.33 bits per heavy atom. The average Bonchev–Trinajstić information content (AvgIpc) is 2.34. The third-order valence-corrected chi connectivity index (χ3v) is 2.51. The third-order valence-electron chi connectivity index (χ3n) is 2.51. The highest BCUT2D eigenvalue weighted by atomic mass is 16.7. The van der Waals surface area contributed by atoms with Gasteiger partial charge in [-0.25, -0.2) is 0 Å². The van der Waals surface area contributed by atoms with Crippen LogP contribution in [0.4, 0.5) is 0 Å². The van der Waals surface area contributed by atoms with E-state index >= 15 is 0 Å². The van der Waals surface area contributed by atoms with Gasteiger partial charge < -0.3 is 39.9 Å². The first-order valence-electron chi connectivity index (χ1n) is 5.42. The molecule has 0 radical (unpaired) electrons. The molecule has 0 amide bonds. The summed E-state index contributed by atoms with van der Waals surface area (Å²) in [7, 11) is -1.61. The molecule has 1 aliphatic heterocycles. The van der Waals surface area contributed by atoms with Crippen LogP contribution in [0.2, 0.25) is 0 Å². The number of hydrogen-bond acceptors (Lipinski definition) is 8. The first kappa shape index (κ1) is 15.5. The number of aliphatic hydroxyl groups excluding tert-OH is 4. The molecule has 1 aliphatic rings. The Kier molecular flexibility index (Phi) is 6.19. The summed E-state index contributed by atoms with van der Waals surface area (Å²) in [6.45, 7) is -0.629. The summed E-state index contributed by atoms with van der Waals surface area (Å²) in [5.74, 6) is 1.05. The van der Waals surface area contributed by atoms with Gasteiger partial charge in [0.05, 0.1) is 13.2 Å². The van der Waals surface area contributed by atoms with E-state index < -0.39 is 44.4 Å². The molecule has 8 nitrogen and oxygen atoms in total. The third kappa shape index (κ3) is 4.00. The standard InChI is InChI=1S/C9H17BO8/c11-4-5-6(12)7(13)8(14)9(18-5)17-3-1-2-10(15)16/h1-2,5-9,11-16H,3-4H2/b2-1+/t5-,6-,7+,8+,9+/m1/s1. The Hall–Kier alpha value is -0.515. The molecule has 1 saturated heterocycles. The van der Waals surface area contributed by atoms with Gasteiger partial charge in [-0.1, -0.05) is 12.1 Å². The molecule has 0 aliphatic carbocycles. The van der Waals surface area contributed by atoms with E-state index in [1.807, 2.05) is 0 Å². The highest BCUT2D eigenvalue weighted by Gasteiger charge is 2.43. The second kappa shape index (κ2) is 7.17. The lowest BCUT2D eigenvalue weighted by atomic mass is 9.92. The van der Waals surface area contributed by atoms with Crippen molar-refractivity contribution in [2.75, 3.05) is 13.2 Å². The van der Waals surface area contributed by atoms with Gasteiger partial charge in [-0.05, 0) is 0 Å². The van der Waals surface area contributed by atoms with Crippen LogP contribution in [0.1, 0.15) is 0 Å². The van der Waals surface area contributed by atoms with E-state index in [4.69, 9.17) is 24.6 Å². The van der Waals surface area contributed by atoms with Crippen LogP contribution in [0.3, 0.4) is 0 Å². The molecule has 18 heavy (non-hydrogen) atoms. The minimum atomic E-state index is -1.61. The Labute approximate surface area is 104 Å².